The van der Waals surface area contributed by atoms with Crippen LogP contribution in [0.15, 0.2) is 29.5 Å². The molecule has 2 atom stereocenters. The Morgan fingerprint density at radius 1 is 1.16 bits per heavy atom. The van der Waals surface area contributed by atoms with E-state index < -0.39 is 41.3 Å². The van der Waals surface area contributed by atoms with Crippen LogP contribution >= 0.6 is 35.3 Å². The number of para-hydroxylation sites is 1. The summed E-state index contributed by atoms with van der Waals surface area (Å²) >= 11 is 4.88. The molecule has 1 unspecified atom stereocenters. The van der Waals surface area contributed by atoms with Crippen molar-refractivity contribution in [2.75, 3.05) is 41.0 Å². The first-order chi connectivity index (χ1) is 18.2. The first kappa shape index (κ1) is 26.6. The van der Waals surface area contributed by atoms with Crippen LogP contribution in [0.4, 0.5) is 21.0 Å². The van der Waals surface area contributed by atoms with Gasteiger partial charge in [0.25, 0.3) is 5.91 Å². The molecule has 12 nitrogen and oxygen atoms in total. The fourth-order valence-electron chi connectivity index (χ4n) is 4.60. The predicted octanol–water partition coefficient (Wildman–Crippen LogP) is 1.72. The topological polar surface area (TPSA) is 160 Å². The van der Waals surface area contributed by atoms with Crippen LogP contribution in [0.5, 0.6) is 0 Å². The molecule has 202 valence electrons. The van der Waals surface area contributed by atoms with Gasteiger partial charge in [0.1, 0.15) is 21.8 Å². The number of amides is 6. The van der Waals surface area contributed by atoms with E-state index in [1.54, 1.807) is 48.6 Å². The van der Waals surface area contributed by atoms with Gasteiger partial charge in [0.05, 0.1) is 17.8 Å². The first-order valence-electron chi connectivity index (χ1n) is 11.9. The van der Waals surface area contributed by atoms with Crippen LogP contribution in [0, 0.1) is 0 Å². The van der Waals surface area contributed by atoms with Crippen molar-refractivity contribution in [3.05, 3.63) is 35.0 Å². The average molecular weight is 579 g/mol. The summed E-state index contributed by atoms with van der Waals surface area (Å²) in [6.45, 7) is 2.27. The van der Waals surface area contributed by atoms with Crippen LogP contribution in [0.2, 0.25) is 0 Å². The summed E-state index contributed by atoms with van der Waals surface area (Å²) < 4.78 is 0.0756. The van der Waals surface area contributed by atoms with Gasteiger partial charge in [0.2, 0.25) is 5.91 Å². The summed E-state index contributed by atoms with van der Waals surface area (Å²) in [4.78, 5) is 64.7. The van der Waals surface area contributed by atoms with E-state index in [-0.39, 0.29) is 23.4 Å². The lowest BCUT2D eigenvalue weighted by Crippen LogP contribution is -2.70. The zero-order valence-electron chi connectivity index (χ0n) is 20.3. The van der Waals surface area contributed by atoms with Crippen molar-refractivity contribution < 1.29 is 29.1 Å². The lowest BCUT2D eigenvalue weighted by atomic mass is 10.0. The quantitative estimate of drug-likeness (QED) is 0.302. The number of fused-ring (bicyclic) bond motifs is 1. The van der Waals surface area contributed by atoms with E-state index in [4.69, 9.17) is 0 Å². The van der Waals surface area contributed by atoms with Crippen LogP contribution in [0.1, 0.15) is 12.5 Å². The van der Waals surface area contributed by atoms with Gasteiger partial charge in [-0.25, -0.2) is 19.3 Å². The number of β-lactam (4-membered cyclic amide) rings is 1. The molecule has 38 heavy (non-hydrogen) atoms. The number of carboxylic acid groups (broad SMARTS) is 1. The first-order valence-corrected chi connectivity index (χ1v) is 15.0. The van der Waals surface area contributed by atoms with Gasteiger partial charge < -0.3 is 26.4 Å². The molecule has 6 amide bonds. The normalized spacial score (nSPS) is 23.1. The summed E-state index contributed by atoms with van der Waals surface area (Å²) in [5.41, 5.74) is 2.10. The standard InChI is InChI=1S/C23H26N6O6S3/c1-11-10-38-19-16(18(31)29(19)17(11)20(32)33)26-14(30)9-12-3-2-4-13(25-23-36-7-8-37-23)15(12)27-22(35)28-6-5-24-21(28)34/h2-4,16,19,23,25H,5-10H2,1H3,(H,24,34)(H,26,30)(H,27,35)(H,32,33)/t16?,19-/m0/s1. The maximum absolute atomic E-state index is 13.1. The summed E-state index contributed by atoms with van der Waals surface area (Å²) in [5.74, 6) is 0.358. The van der Waals surface area contributed by atoms with Crippen LogP contribution in [-0.4, -0.2) is 91.2 Å². The Hall–Kier alpha value is -3.04. The van der Waals surface area contributed by atoms with Crippen molar-refractivity contribution in [2.45, 2.75) is 29.5 Å². The molecule has 3 fully saturated rings. The largest absolute Gasteiger partial charge is 0.477 e. The van der Waals surface area contributed by atoms with Gasteiger partial charge in [0, 0.05) is 30.3 Å². The molecular formula is C23H26N6O6S3. The highest BCUT2D eigenvalue weighted by Gasteiger charge is 2.53. The second-order valence-electron chi connectivity index (χ2n) is 8.94. The van der Waals surface area contributed by atoms with Crippen LogP contribution < -0.4 is 21.3 Å². The fraction of sp³-hybridized carbons (Fsp3) is 0.435. The number of aliphatic carboxylic acids is 1. The number of nitrogens with zero attached hydrogens (tertiary/aromatic N) is 2. The minimum absolute atomic E-state index is 0.0263. The van der Waals surface area contributed by atoms with Gasteiger partial charge in [-0.05, 0) is 24.1 Å². The summed E-state index contributed by atoms with van der Waals surface area (Å²) in [7, 11) is 0. The Bertz CT molecular complexity index is 1240. The number of urea groups is 2. The van der Waals surface area contributed by atoms with Crippen molar-refractivity contribution in [1.82, 2.24) is 20.4 Å². The van der Waals surface area contributed by atoms with Crippen molar-refractivity contribution in [3.8, 4) is 0 Å². The van der Waals surface area contributed by atoms with Crippen LogP contribution in [-0.2, 0) is 20.8 Å². The highest BCUT2D eigenvalue weighted by molar-refractivity contribution is 8.20. The van der Waals surface area contributed by atoms with E-state index in [1.807, 2.05) is 0 Å². The third kappa shape index (κ3) is 5.14. The number of carbonyl (C=O) groups is 5. The maximum atomic E-state index is 13.1. The molecule has 0 spiro atoms. The monoisotopic (exact) mass is 578 g/mol. The number of carboxylic acids is 1. The Kier molecular flexibility index (Phi) is 7.68. The minimum Gasteiger partial charge on any atom is -0.477 e. The van der Waals surface area contributed by atoms with Crippen molar-refractivity contribution in [3.63, 3.8) is 0 Å². The average Bonchev–Trinajstić information content (AvgIpc) is 3.55. The molecule has 0 aliphatic carbocycles. The van der Waals surface area contributed by atoms with Gasteiger partial charge in [-0.2, -0.15) is 0 Å². The summed E-state index contributed by atoms with van der Waals surface area (Å²) in [6, 6.07) is 3.35. The number of benzene rings is 1. The van der Waals surface area contributed by atoms with E-state index in [0.717, 1.165) is 16.4 Å². The molecule has 4 aliphatic rings. The molecule has 5 N–H and O–H groups in total. The maximum Gasteiger partial charge on any atom is 0.352 e. The van der Waals surface area contributed by atoms with E-state index in [1.165, 1.54) is 16.7 Å². The van der Waals surface area contributed by atoms with Crippen LogP contribution in [0.3, 0.4) is 0 Å². The second-order valence-corrected chi connectivity index (χ2v) is 12.8. The number of hydrogen-bond acceptors (Lipinski definition) is 9. The van der Waals surface area contributed by atoms with E-state index >= 15 is 0 Å². The SMILES string of the molecule is CC1=C(C(=O)O)N2C(=O)C(NC(=O)Cc3cccc(NC4SCCS4)c3NC(=O)N3CCNC3=O)[C@@H]2SC1. The third-order valence-electron chi connectivity index (χ3n) is 6.41. The molecule has 0 bridgehead atoms. The Labute approximate surface area is 231 Å². The molecule has 0 radical (unpaired) electrons. The molecule has 15 heteroatoms. The Morgan fingerprint density at radius 3 is 2.61 bits per heavy atom. The van der Waals surface area contributed by atoms with Crippen LogP contribution in [0.25, 0.3) is 0 Å². The zero-order valence-corrected chi connectivity index (χ0v) is 22.8. The lowest BCUT2D eigenvalue weighted by molar-refractivity contribution is -0.150. The molecule has 4 heterocycles. The molecule has 3 saturated heterocycles. The number of imide groups is 1. The molecule has 1 aromatic rings. The smallest absolute Gasteiger partial charge is 0.352 e. The highest BCUT2D eigenvalue weighted by atomic mass is 32.2. The molecule has 5 rings (SSSR count). The molecule has 1 aromatic carbocycles. The summed E-state index contributed by atoms with van der Waals surface area (Å²) in [5, 5.41) is 20.6. The number of rotatable bonds is 7. The van der Waals surface area contributed by atoms with Gasteiger partial charge in [-0.1, -0.05) is 12.1 Å². The van der Waals surface area contributed by atoms with Crippen molar-refractivity contribution in [2.24, 2.45) is 0 Å². The molecule has 0 saturated carbocycles. The zero-order chi connectivity index (χ0) is 27.0. The second kappa shape index (κ2) is 11.0. The van der Waals surface area contributed by atoms with E-state index in [2.05, 4.69) is 21.3 Å². The van der Waals surface area contributed by atoms with E-state index in [0.29, 0.717) is 34.8 Å². The number of nitrogens with one attached hydrogen (secondary N) is 4. The summed E-state index contributed by atoms with van der Waals surface area (Å²) in [6.07, 6.45) is -0.135. The van der Waals surface area contributed by atoms with E-state index in [9.17, 15) is 29.1 Å². The van der Waals surface area contributed by atoms with Gasteiger partial charge >= 0.3 is 18.0 Å². The van der Waals surface area contributed by atoms with Gasteiger partial charge in [-0.3, -0.25) is 14.5 Å². The molecular weight excluding hydrogens is 552 g/mol. The minimum atomic E-state index is -1.17. The van der Waals surface area contributed by atoms with Crippen molar-refractivity contribution >= 4 is 76.5 Å². The number of anilines is 2. The number of hydrogen-bond donors (Lipinski definition) is 5. The number of thioether (sulfide) groups is 3. The van der Waals surface area contributed by atoms with Crippen molar-refractivity contribution in [1.29, 1.82) is 0 Å². The van der Waals surface area contributed by atoms with Gasteiger partial charge in [0.15, 0.2) is 0 Å². The molecule has 0 aromatic heterocycles. The third-order valence-corrected chi connectivity index (χ3v) is 10.6. The fourth-order valence-corrected chi connectivity index (χ4v) is 8.47. The highest BCUT2D eigenvalue weighted by Crippen LogP contribution is 2.40. The lowest BCUT2D eigenvalue weighted by Gasteiger charge is -2.49. The Morgan fingerprint density at radius 2 is 1.92 bits per heavy atom. The molecule has 4 aliphatic heterocycles. The number of carbonyl (C=O) groups excluding carboxylic acids is 4. The van der Waals surface area contributed by atoms with Gasteiger partial charge in [-0.15, -0.1) is 35.3 Å². The predicted molar refractivity (Wildman–Crippen MR) is 147 cm³/mol. The Balaban J connectivity index is 1.32.